The van der Waals surface area contributed by atoms with Crippen molar-refractivity contribution < 1.29 is 4.39 Å². The van der Waals surface area contributed by atoms with Gasteiger partial charge in [-0.05, 0) is 35.4 Å². The predicted molar refractivity (Wildman–Crippen MR) is 88.6 cm³/mol. The van der Waals surface area contributed by atoms with E-state index in [0.717, 1.165) is 48.6 Å². The summed E-state index contributed by atoms with van der Waals surface area (Å²) in [5, 5.41) is 3.44. The maximum atomic E-state index is 13.5. The number of nitrogens with one attached hydrogen (secondary N) is 1. The number of benzene rings is 2. The van der Waals surface area contributed by atoms with Crippen LogP contribution in [-0.4, -0.2) is 31.9 Å². The monoisotopic (exact) mass is 295 g/mol. The summed E-state index contributed by atoms with van der Waals surface area (Å²) in [6.45, 7) is 2.95. The maximum Gasteiger partial charge on any atom is 0.123 e. The third kappa shape index (κ3) is 2.40. The fourth-order valence-corrected chi connectivity index (χ4v) is 3.27. The molecule has 0 amide bonds. The molecule has 1 fully saturated rings. The summed E-state index contributed by atoms with van der Waals surface area (Å²) >= 11 is 0. The number of anilines is 1. The molecule has 22 heavy (non-hydrogen) atoms. The number of hydrogen-bond donors (Lipinski definition) is 1. The fraction of sp³-hybridized carbons (Fsp3) is 0.278. The van der Waals surface area contributed by atoms with E-state index >= 15 is 0 Å². The van der Waals surface area contributed by atoms with E-state index in [1.54, 1.807) is 12.1 Å². The molecule has 1 N–H and O–H groups in total. The molecule has 1 atom stereocenters. The third-order valence-corrected chi connectivity index (χ3v) is 4.40. The van der Waals surface area contributed by atoms with E-state index < -0.39 is 0 Å². The van der Waals surface area contributed by atoms with Crippen molar-refractivity contribution in [1.82, 2.24) is 5.32 Å². The van der Waals surface area contributed by atoms with E-state index in [0.29, 0.717) is 6.04 Å². The summed E-state index contributed by atoms with van der Waals surface area (Å²) in [6.07, 6.45) is 2.97. The SMILES string of the molecule is Fc1cccc(-c2ccc3c(c2)N2CCNCC2CC=N3)c1. The van der Waals surface area contributed by atoms with Crippen molar-refractivity contribution in [2.75, 3.05) is 24.5 Å². The highest BCUT2D eigenvalue weighted by atomic mass is 19.1. The average molecular weight is 295 g/mol. The van der Waals surface area contributed by atoms with Crippen LogP contribution in [0.1, 0.15) is 6.42 Å². The first kappa shape index (κ1) is 13.5. The zero-order chi connectivity index (χ0) is 14.9. The Bertz CT molecular complexity index is 726. The summed E-state index contributed by atoms with van der Waals surface area (Å²) < 4.78 is 13.5. The van der Waals surface area contributed by atoms with Crippen molar-refractivity contribution in [3.8, 4) is 11.1 Å². The molecule has 4 heteroatoms. The Kier molecular flexibility index (Phi) is 3.39. The Morgan fingerprint density at radius 2 is 2.05 bits per heavy atom. The van der Waals surface area contributed by atoms with Crippen LogP contribution in [0, 0.1) is 5.82 Å². The molecule has 0 saturated carbocycles. The molecule has 1 unspecified atom stereocenters. The van der Waals surface area contributed by atoms with Crippen LogP contribution in [0.4, 0.5) is 15.8 Å². The average Bonchev–Trinajstić information content (AvgIpc) is 2.74. The lowest BCUT2D eigenvalue weighted by Gasteiger charge is -2.37. The van der Waals surface area contributed by atoms with Gasteiger partial charge in [0.1, 0.15) is 5.82 Å². The van der Waals surface area contributed by atoms with Crippen LogP contribution in [0.15, 0.2) is 47.5 Å². The molecule has 2 aliphatic heterocycles. The van der Waals surface area contributed by atoms with Gasteiger partial charge in [-0.2, -0.15) is 0 Å². The number of rotatable bonds is 1. The van der Waals surface area contributed by atoms with Gasteiger partial charge in [0.15, 0.2) is 0 Å². The summed E-state index contributed by atoms with van der Waals surface area (Å²) in [7, 11) is 0. The first-order chi connectivity index (χ1) is 10.8. The number of fused-ring (bicyclic) bond motifs is 3. The van der Waals surface area contributed by atoms with Crippen molar-refractivity contribution in [1.29, 1.82) is 0 Å². The van der Waals surface area contributed by atoms with Gasteiger partial charge in [-0.25, -0.2) is 4.39 Å². The molecule has 0 aliphatic carbocycles. The Morgan fingerprint density at radius 3 is 2.95 bits per heavy atom. The van der Waals surface area contributed by atoms with Gasteiger partial charge in [0.2, 0.25) is 0 Å². The van der Waals surface area contributed by atoms with Crippen molar-refractivity contribution in [2.45, 2.75) is 12.5 Å². The smallest absolute Gasteiger partial charge is 0.123 e. The summed E-state index contributed by atoms with van der Waals surface area (Å²) in [5.41, 5.74) is 4.10. The highest BCUT2D eigenvalue weighted by molar-refractivity contribution is 5.81. The lowest BCUT2D eigenvalue weighted by Crippen LogP contribution is -2.51. The topological polar surface area (TPSA) is 27.6 Å². The van der Waals surface area contributed by atoms with Gasteiger partial charge >= 0.3 is 0 Å². The lowest BCUT2D eigenvalue weighted by molar-refractivity contribution is 0.489. The molecule has 2 aliphatic rings. The quantitative estimate of drug-likeness (QED) is 0.873. The second-order valence-corrected chi connectivity index (χ2v) is 5.81. The van der Waals surface area contributed by atoms with Gasteiger partial charge < -0.3 is 10.2 Å². The van der Waals surface area contributed by atoms with Crippen LogP contribution in [0.25, 0.3) is 11.1 Å². The molecular weight excluding hydrogens is 277 g/mol. The van der Waals surface area contributed by atoms with Crippen LogP contribution in [-0.2, 0) is 0 Å². The molecule has 2 aromatic carbocycles. The Morgan fingerprint density at radius 1 is 1.14 bits per heavy atom. The molecule has 0 aromatic heterocycles. The fourth-order valence-electron chi connectivity index (χ4n) is 3.27. The third-order valence-electron chi connectivity index (χ3n) is 4.40. The molecule has 1 saturated heterocycles. The van der Waals surface area contributed by atoms with E-state index in [2.05, 4.69) is 21.3 Å². The van der Waals surface area contributed by atoms with Gasteiger partial charge in [0.25, 0.3) is 0 Å². The van der Waals surface area contributed by atoms with Crippen LogP contribution in [0.2, 0.25) is 0 Å². The number of halogens is 1. The zero-order valence-electron chi connectivity index (χ0n) is 12.3. The van der Waals surface area contributed by atoms with E-state index in [9.17, 15) is 4.39 Å². The van der Waals surface area contributed by atoms with E-state index in [-0.39, 0.29) is 5.82 Å². The minimum atomic E-state index is -0.203. The number of nitrogens with zero attached hydrogens (tertiary/aromatic N) is 2. The minimum absolute atomic E-state index is 0.203. The van der Waals surface area contributed by atoms with Gasteiger partial charge in [-0.15, -0.1) is 0 Å². The van der Waals surface area contributed by atoms with Gasteiger partial charge in [0, 0.05) is 38.3 Å². The second kappa shape index (κ2) is 5.54. The number of aliphatic imine (C=N–C) groups is 1. The van der Waals surface area contributed by atoms with Gasteiger partial charge in [0.05, 0.1) is 11.4 Å². The number of hydrogen-bond acceptors (Lipinski definition) is 3. The molecule has 112 valence electrons. The Balaban J connectivity index is 1.79. The van der Waals surface area contributed by atoms with Crippen molar-refractivity contribution in [3.63, 3.8) is 0 Å². The van der Waals surface area contributed by atoms with E-state index in [4.69, 9.17) is 0 Å². The standard InChI is InChI=1S/C18H18FN3/c19-15-3-1-2-13(10-15)14-4-5-17-18(11-14)22-9-8-20-12-16(22)6-7-21-17/h1-5,7,10-11,16,20H,6,8-9,12H2. The second-order valence-electron chi connectivity index (χ2n) is 5.81. The van der Waals surface area contributed by atoms with E-state index in [1.807, 2.05) is 24.4 Å². The van der Waals surface area contributed by atoms with Crippen LogP contribution in [0.5, 0.6) is 0 Å². The minimum Gasteiger partial charge on any atom is -0.364 e. The molecule has 2 heterocycles. The highest BCUT2D eigenvalue weighted by Crippen LogP contribution is 2.36. The molecule has 0 bridgehead atoms. The van der Waals surface area contributed by atoms with Crippen LogP contribution >= 0.6 is 0 Å². The molecule has 0 spiro atoms. The first-order valence-corrected chi connectivity index (χ1v) is 7.71. The summed E-state index contributed by atoms with van der Waals surface area (Å²) in [5.74, 6) is -0.203. The zero-order valence-corrected chi connectivity index (χ0v) is 12.3. The first-order valence-electron chi connectivity index (χ1n) is 7.71. The van der Waals surface area contributed by atoms with Crippen molar-refractivity contribution >= 4 is 17.6 Å². The molecular formula is C18H18FN3. The highest BCUT2D eigenvalue weighted by Gasteiger charge is 2.25. The predicted octanol–water partition coefficient (Wildman–Crippen LogP) is 3.38. The van der Waals surface area contributed by atoms with Crippen molar-refractivity contribution in [2.24, 2.45) is 4.99 Å². The number of piperazine rings is 1. The van der Waals surface area contributed by atoms with Crippen molar-refractivity contribution in [3.05, 3.63) is 48.3 Å². The summed E-state index contributed by atoms with van der Waals surface area (Å²) in [4.78, 5) is 7.03. The van der Waals surface area contributed by atoms with Crippen LogP contribution in [0.3, 0.4) is 0 Å². The van der Waals surface area contributed by atoms with Gasteiger partial charge in [-0.3, -0.25) is 4.99 Å². The summed E-state index contributed by atoms with van der Waals surface area (Å²) in [6, 6.07) is 13.4. The Hall–Kier alpha value is -2.20. The van der Waals surface area contributed by atoms with Gasteiger partial charge in [-0.1, -0.05) is 18.2 Å². The lowest BCUT2D eigenvalue weighted by atomic mass is 10.0. The van der Waals surface area contributed by atoms with Crippen LogP contribution < -0.4 is 10.2 Å². The molecule has 4 rings (SSSR count). The molecule has 3 nitrogen and oxygen atoms in total. The Labute approximate surface area is 129 Å². The normalized spacial score (nSPS) is 20.2. The van der Waals surface area contributed by atoms with E-state index in [1.165, 1.54) is 6.07 Å². The molecule has 2 aromatic rings. The maximum absolute atomic E-state index is 13.5. The molecule has 0 radical (unpaired) electrons. The largest absolute Gasteiger partial charge is 0.364 e.